The van der Waals surface area contributed by atoms with Crippen molar-refractivity contribution in [1.29, 1.82) is 0 Å². The zero-order valence-electron chi connectivity index (χ0n) is 9.69. The van der Waals surface area contributed by atoms with E-state index in [1.54, 1.807) is 0 Å². The smallest absolute Gasteiger partial charge is 0.128 e. The van der Waals surface area contributed by atoms with Crippen molar-refractivity contribution in [2.24, 2.45) is 0 Å². The van der Waals surface area contributed by atoms with Crippen molar-refractivity contribution >= 4 is 5.82 Å². The van der Waals surface area contributed by atoms with Gasteiger partial charge in [0.1, 0.15) is 5.82 Å². The molecule has 0 spiro atoms. The minimum atomic E-state index is 0.699. The van der Waals surface area contributed by atoms with E-state index in [2.05, 4.69) is 35.9 Å². The first kappa shape index (κ1) is 10.5. The van der Waals surface area contributed by atoms with Gasteiger partial charge in [0, 0.05) is 18.3 Å². The number of anilines is 1. The lowest BCUT2D eigenvalue weighted by Gasteiger charge is -2.30. The Morgan fingerprint density at radius 1 is 1.20 bits per heavy atom. The van der Waals surface area contributed by atoms with Gasteiger partial charge in [-0.15, -0.1) is 0 Å². The van der Waals surface area contributed by atoms with Crippen molar-refractivity contribution in [3.63, 3.8) is 0 Å². The van der Waals surface area contributed by atoms with Crippen molar-refractivity contribution in [3.8, 4) is 0 Å². The molecule has 2 nitrogen and oxygen atoms in total. The van der Waals surface area contributed by atoms with Gasteiger partial charge in [-0.2, -0.15) is 0 Å². The van der Waals surface area contributed by atoms with Crippen molar-refractivity contribution in [2.75, 3.05) is 4.90 Å². The van der Waals surface area contributed by atoms with E-state index >= 15 is 0 Å². The Morgan fingerprint density at radius 2 is 1.87 bits per heavy atom. The van der Waals surface area contributed by atoms with Crippen LogP contribution in [0.15, 0.2) is 24.4 Å². The molecule has 1 saturated heterocycles. The normalized spacial score (nSPS) is 25.9. The third kappa shape index (κ3) is 1.99. The first-order valence-corrected chi connectivity index (χ1v) is 6.06. The fraction of sp³-hybridized carbons (Fsp3) is 0.615. The molecule has 1 fully saturated rings. The average Bonchev–Trinajstić information content (AvgIpc) is 2.72. The van der Waals surface area contributed by atoms with E-state index in [-0.39, 0.29) is 0 Å². The Hall–Kier alpha value is -1.05. The topological polar surface area (TPSA) is 16.1 Å². The van der Waals surface area contributed by atoms with Crippen LogP contribution in [0, 0.1) is 0 Å². The lowest BCUT2D eigenvalue weighted by molar-refractivity contribution is 0.592. The summed E-state index contributed by atoms with van der Waals surface area (Å²) in [4.78, 5) is 7.01. The molecule has 0 bridgehead atoms. The molecule has 1 aromatic rings. The van der Waals surface area contributed by atoms with Gasteiger partial charge in [-0.1, -0.05) is 19.9 Å². The van der Waals surface area contributed by atoms with Crippen LogP contribution < -0.4 is 4.90 Å². The summed E-state index contributed by atoms with van der Waals surface area (Å²) in [6.45, 7) is 4.55. The predicted octanol–water partition coefficient (Wildman–Crippen LogP) is 3.24. The predicted molar refractivity (Wildman–Crippen MR) is 64.1 cm³/mol. The Bertz CT molecular complexity index is 285. The molecule has 1 aliphatic rings. The highest BCUT2D eigenvalue weighted by molar-refractivity contribution is 5.42. The molecule has 0 radical (unpaired) electrons. The Kier molecular flexibility index (Phi) is 3.24. The van der Waals surface area contributed by atoms with Crippen molar-refractivity contribution in [3.05, 3.63) is 24.4 Å². The van der Waals surface area contributed by atoms with Crippen LogP contribution in [0.5, 0.6) is 0 Å². The third-order valence-corrected chi connectivity index (χ3v) is 3.48. The highest BCUT2D eigenvalue weighted by Crippen LogP contribution is 2.31. The van der Waals surface area contributed by atoms with E-state index in [4.69, 9.17) is 0 Å². The minimum Gasteiger partial charge on any atom is -0.351 e. The van der Waals surface area contributed by atoms with E-state index in [0.29, 0.717) is 12.1 Å². The van der Waals surface area contributed by atoms with Crippen LogP contribution in [0.1, 0.15) is 39.5 Å². The molecular formula is C13H20N2. The SMILES string of the molecule is CCC1CCC(CC)N1c1ccccn1. The molecular weight excluding hydrogens is 184 g/mol. The third-order valence-electron chi connectivity index (χ3n) is 3.48. The molecule has 2 atom stereocenters. The summed E-state index contributed by atoms with van der Waals surface area (Å²) in [5, 5.41) is 0. The van der Waals surface area contributed by atoms with E-state index in [9.17, 15) is 0 Å². The van der Waals surface area contributed by atoms with E-state index in [1.807, 2.05) is 12.3 Å². The summed E-state index contributed by atoms with van der Waals surface area (Å²) < 4.78 is 0. The maximum absolute atomic E-state index is 4.48. The summed E-state index contributed by atoms with van der Waals surface area (Å²) in [6.07, 6.45) is 7.00. The molecule has 0 aromatic carbocycles. The maximum Gasteiger partial charge on any atom is 0.128 e. The lowest BCUT2D eigenvalue weighted by atomic mass is 10.1. The van der Waals surface area contributed by atoms with E-state index in [1.165, 1.54) is 25.7 Å². The quantitative estimate of drug-likeness (QED) is 0.751. The number of aromatic nitrogens is 1. The Morgan fingerprint density at radius 3 is 2.33 bits per heavy atom. The Balaban J connectivity index is 2.23. The molecule has 2 heterocycles. The highest BCUT2D eigenvalue weighted by atomic mass is 15.3. The largest absolute Gasteiger partial charge is 0.351 e. The molecule has 2 heteroatoms. The van der Waals surface area contributed by atoms with Gasteiger partial charge < -0.3 is 4.90 Å². The van der Waals surface area contributed by atoms with Gasteiger partial charge in [-0.05, 0) is 37.8 Å². The number of hydrogen-bond donors (Lipinski definition) is 0. The van der Waals surface area contributed by atoms with E-state index < -0.39 is 0 Å². The molecule has 0 N–H and O–H groups in total. The van der Waals surface area contributed by atoms with Gasteiger partial charge in [0.05, 0.1) is 0 Å². The zero-order valence-corrected chi connectivity index (χ0v) is 9.69. The van der Waals surface area contributed by atoms with Crippen LogP contribution >= 0.6 is 0 Å². The van der Waals surface area contributed by atoms with Crippen molar-refractivity contribution < 1.29 is 0 Å². The maximum atomic E-state index is 4.48. The summed E-state index contributed by atoms with van der Waals surface area (Å²) in [6, 6.07) is 7.60. The van der Waals surface area contributed by atoms with Gasteiger partial charge in [0.15, 0.2) is 0 Å². The molecule has 0 amide bonds. The number of nitrogens with zero attached hydrogens (tertiary/aromatic N) is 2. The van der Waals surface area contributed by atoms with Gasteiger partial charge in [-0.3, -0.25) is 0 Å². The Labute approximate surface area is 92.3 Å². The van der Waals surface area contributed by atoms with Crippen LogP contribution in [-0.2, 0) is 0 Å². The molecule has 15 heavy (non-hydrogen) atoms. The summed E-state index contributed by atoms with van der Waals surface area (Å²) >= 11 is 0. The monoisotopic (exact) mass is 204 g/mol. The molecule has 2 rings (SSSR count). The van der Waals surface area contributed by atoms with Crippen molar-refractivity contribution in [1.82, 2.24) is 4.98 Å². The van der Waals surface area contributed by atoms with Crippen LogP contribution in [-0.4, -0.2) is 17.1 Å². The van der Waals surface area contributed by atoms with Crippen LogP contribution in [0.2, 0.25) is 0 Å². The number of hydrogen-bond acceptors (Lipinski definition) is 2. The first-order chi connectivity index (χ1) is 7.36. The van der Waals surface area contributed by atoms with Crippen LogP contribution in [0.25, 0.3) is 0 Å². The van der Waals surface area contributed by atoms with Gasteiger partial charge in [0.25, 0.3) is 0 Å². The second-order valence-corrected chi connectivity index (χ2v) is 4.30. The number of rotatable bonds is 3. The zero-order chi connectivity index (χ0) is 10.7. The second-order valence-electron chi connectivity index (χ2n) is 4.30. The molecule has 1 aromatic heterocycles. The molecule has 0 saturated carbocycles. The highest BCUT2D eigenvalue weighted by Gasteiger charge is 2.31. The fourth-order valence-electron chi connectivity index (χ4n) is 2.64. The van der Waals surface area contributed by atoms with Crippen LogP contribution in [0.3, 0.4) is 0 Å². The van der Waals surface area contributed by atoms with Gasteiger partial charge in [-0.25, -0.2) is 4.98 Å². The molecule has 2 unspecified atom stereocenters. The summed E-state index contributed by atoms with van der Waals surface area (Å²) in [5.74, 6) is 1.16. The summed E-state index contributed by atoms with van der Waals surface area (Å²) in [7, 11) is 0. The molecule has 1 aliphatic heterocycles. The summed E-state index contributed by atoms with van der Waals surface area (Å²) in [5.41, 5.74) is 0. The fourth-order valence-corrected chi connectivity index (χ4v) is 2.64. The van der Waals surface area contributed by atoms with E-state index in [0.717, 1.165) is 5.82 Å². The standard InChI is InChI=1S/C13H20N2/c1-3-11-8-9-12(4-2)15(11)13-7-5-6-10-14-13/h5-7,10-12H,3-4,8-9H2,1-2H3. The molecule has 82 valence electrons. The second kappa shape index (κ2) is 4.65. The van der Waals surface area contributed by atoms with Crippen LogP contribution in [0.4, 0.5) is 5.82 Å². The average molecular weight is 204 g/mol. The van der Waals surface area contributed by atoms with Crippen molar-refractivity contribution in [2.45, 2.75) is 51.6 Å². The molecule has 0 aliphatic carbocycles. The first-order valence-electron chi connectivity index (χ1n) is 6.06. The number of pyridine rings is 1. The van der Waals surface area contributed by atoms with Gasteiger partial charge in [0.2, 0.25) is 0 Å². The minimum absolute atomic E-state index is 0.699. The lowest BCUT2D eigenvalue weighted by Crippen LogP contribution is -2.36. The van der Waals surface area contributed by atoms with Gasteiger partial charge >= 0.3 is 0 Å².